The standard InChI is InChI=1S/C22H25N3O2S/c1-2-5-17-6-3-4-7-20(17)23-14-16-8-10-18(11-9-16)21(27)25-22-24-19(12-13-26)15-28-22/h3-4,6-11,15,23,26H,2,5,12-14H2,1H3,(H,24,25,27). The molecule has 0 fully saturated rings. The number of rotatable bonds is 9. The molecule has 146 valence electrons. The highest BCUT2D eigenvalue weighted by Crippen LogP contribution is 2.19. The molecule has 0 aliphatic rings. The third-order valence-electron chi connectivity index (χ3n) is 4.38. The van der Waals surface area contributed by atoms with Gasteiger partial charge < -0.3 is 10.4 Å². The quantitative estimate of drug-likeness (QED) is 0.499. The van der Waals surface area contributed by atoms with E-state index in [4.69, 9.17) is 5.11 Å². The smallest absolute Gasteiger partial charge is 0.257 e. The minimum atomic E-state index is -0.183. The Kier molecular flexibility index (Phi) is 7.17. The molecule has 1 aromatic heterocycles. The van der Waals surface area contributed by atoms with Crippen LogP contribution in [-0.4, -0.2) is 22.6 Å². The van der Waals surface area contributed by atoms with Crippen LogP contribution in [0.25, 0.3) is 0 Å². The van der Waals surface area contributed by atoms with E-state index in [0.29, 0.717) is 23.7 Å². The Morgan fingerprint density at radius 3 is 2.64 bits per heavy atom. The molecule has 0 saturated carbocycles. The van der Waals surface area contributed by atoms with Crippen molar-refractivity contribution >= 4 is 28.1 Å². The molecule has 3 aromatic rings. The fourth-order valence-corrected chi connectivity index (χ4v) is 3.65. The Morgan fingerprint density at radius 2 is 1.89 bits per heavy atom. The van der Waals surface area contributed by atoms with Crippen molar-refractivity contribution in [2.75, 3.05) is 17.2 Å². The topological polar surface area (TPSA) is 74.2 Å². The highest BCUT2D eigenvalue weighted by molar-refractivity contribution is 7.13. The molecule has 28 heavy (non-hydrogen) atoms. The maximum Gasteiger partial charge on any atom is 0.257 e. The van der Waals surface area contributed by atoms with Gasteiger partial charge in [0.2, 0.25) is 0 Å². The SMILES string of the molecule is CCCc1ccccc1NCc1ccc(C(=O)Nc2nc(CCO)cs2)cc1. The van der Waals surface area contributed by atoms with Gasteiger partial charge in [0, 0.05) is 36.2 Å². The predicted octanol–water partition coefficient (Wildman–Crippen LogP) is 4.49. The number of aromatic nitrogens is 1. The number of thiazole rings is 1. The van der Waals surface area contributed by atoms with Gasteiger partial charge in [-0.1, -0.05) is 43.7 Å². The van der Waals surface area contributed by atoms with Gasteiger partial charge in [0.05, 0.1) is 5.69 Å². The lowest BCUT2D eigenvalue weighted by Gasteiger charge is -2.12. The number of aliphatic hydroxyl groups excluding tert-OH is 1. The van der Waals surface area contributed by atoms with Gasteiger partial charge in [-0.05, 0) is 35.7 Å². The van der Waals surface area contributed by atoms with Gasteiger partial charge in [0.25, 0.3) is 5.91 Å². The maximum atomic E-state index is 12.4. The first kappa shape index (κ1) is 20.0. The molecular formula is C22H25N3O2S. The molecule has 3 N–H and O–H groups in total. The number of aliphatic hydroxyl groups is 1. The number of amides is 1. The number of nitrogens with one attached hydrogen (secondary N) is 2. The first-order valence-corrected chi connectivity index (χ1v) is 10.3. The summed E-state index contributed by atoms with van der Waals surface area (Å²) in [7, 11) is 0. The number of benzene rings is 2. The molecular weight excluding hydrogens is 370 g/mol. The Balaban J connectivity index is 1.57. The number of nitrogens with zero attached hydrogens (tertiary/aromatic N) is 1. The van der Waals surface area contributed by atoms with E-state index in [1.54, 1.807) is 0 Å². The van der Waals surface area contributed by atoms with Crippen LogP contribution in [0.3, 0.4) is 0 Å². The summed E-state index contributed by atoms with van der Waals surface area (Å²) < 4.78 is 0. The van der Waals surface area contributed by atoms with Gasteiger partial charge in [-0.25, -0.2) is 4.98 Å². The summed E-state index contributed by atoms with van der Waals surface area (Å²) in [5.74, 6) is -0.183. The Morgan fingerprint density at radius 1 is 1.11 bits per heavy atom. The molecule has 0 aliphatic heterocycles. The van der Waals surface area contributed by atoms with Crippen molar-refractivity contribution < 1.29 is 9.90 Å². The van der Waals surface area contributed by atoms with Crippen LogP contribution in [0.4, 0.5) is 10.8 Å². The average molecular weight is 396 g/mol. The van der Waals surface area contributed by atoms with Crippen molar-refractivity contribution in [3.05, 3.63) is 76.3 Å². The summed E-state index contributed by atoms with van der Waals surface area (Å²) in [4.78, 5) is 16.7. The van der Waals surface area contributed by atoms with Gasteiger partial charge in [0.15, 0.2) is 5.13 Å². The maximum absolute atomic E-state index is 12.4. The summed E-state index contributed by atoms with van der Waals surface area (Å²) in [6.07, 6.45) is 2.66. The zero-order valence-electron chi connectivity index (χ0n) is 15.9. The first-order valence-electron chi connectivity index (χ1n) is 9.47. The van der Waals surface area contributed by atoms with Crippen LogP contribution >= 0.6 is 11.3 Å². The molecule has 0 spiro atoms. The van der Waals surface area contributed by atoms with E-state index >= 15 is 0 Å². The van der Waals surface area contributed by atoms with E-state index < -0.39 is 0 Å². The molecule has 1 heterocycles. The van der Waals surface area contributed by atoms with Crippen LogP contribution in [0, 0.1) is 0 Å². The molecule has 0 bridgehead atoms. The minimum absolute atomic E-state index is 0.0511. The van der Waals surface area contributed by atoms with Gasteiger partial charge in [-0.2, -0.15) is 0 Å². The number of aryl methyl sites for hydroxylation is 1. The Hall–Kier alpha value is -2.70. The third-order valence-corrected chi connectivity index (χ3v) is 5.18. The van der Waals surface area contributed by atoms with E-state index in [-0.39, 0.29) is 12.5 Å². The summed E-state index contributed by atoms with van der Waals surface area (Å²) in [6, 6.07) is 15.9. The highest BCUT2D eigenvalue weighted by atomic mass is 32.1. The number of carbonyl (C=O) groups excluding carboxylic acids is 1. The fraction of sp³-hybridized carbons (Fsp3) is 0.273. The highest BCUT2D eigenvalue weighted by Gasteiger charge is 2.09. The second-order valence-electron chi connectivity index (χ2n) is 6.53. The Bertz CT molecular complexity index is 906. The van der Waals surface area contributed by atoms with Gasteiger partial charge >= 0.3 is 0 Å². The largest absolute Gasteiger partial charge is 0.396 e. The predicted molar refractivity (Wildman–Crippen MR) is 115 cm³/mol. The number of anilines is 2. The lowest BCUT2D eigenvalue weighted by atomic mass is 10.1. The normalized spacial score (nSPS) is 10.6. The van der Waals surface area contributed by atoms with Gasteiger partial charge in [-0.3, -0.25) is 10.1 Å². The zero-order chi connectivity index (χ0) is 19.8. The van der Waals surface area contributed by atoms with Crippen molar-refractivity contribution in [1.29, 1.82) is 0 Å². The van der Waals surface area contributed by atoms with Crippen molar-refractivity contribution in [2.24, 2.45) is 0 Å². The van der Waals surface area contributed by atoms with Crippen LogP contribution in [0.15, 0.2) is 53.9 Å². The number of hydrogen-bond acceptors (Lipinski definition) is 5. The van der Waals surface area contributed by atoms with Crippen molar-refractivity contribution in [2.45, 2.75) is 32.7 Å². The van der Waals surface area contributed by atoms with E-state index in [0.717, 1.165) is 29.8 Å². The molecule has 1 amide bonds. The number of hydrogen-bond donors (Lipinski definition) is 3. The monoisotopic (exact) mass is 395 g/mol. The summed E-state index contributed by atoms with van der Waals surface area (Å²) >= 11 is 1.36. The van der Waals surface area contributed by atoms with Crippen LogP contribution in [-0.2, 0) is 19.4 Å². The zero-order valence-corrected chi connectivity index (χ0v) is 16.8. The molecule has 3 rings (SSSR count). The fourth-order valence-electron chi connectivity index (χ4n) is 2.91. The molecule has 5 nitrogen and oxygen atoms in total. The van der Waals surface area contributed by atoms with E-state index in [1.165, 1.54) is 16.9 Å². The Labute approximate surface area is 169 Å². The first-order chi connectivity index (χ1) is 13.7. The lowest BCUT2D eigenvalue weighted by molar-refractivity contribution is 0.102. The van der Waals surface area contributed by atoms with E-state index in [1.807, 2.05) is 35.7 Å². The second-order valence-corrected chi connectivity index (χ2v) is 7.39. The summed E-state index contributed by atoms with van der Waals surface area (Å²) in [6.45, 7) is 2.94. The third kappa shape index (κ3) is 5.41. The van der Waals surface area contributed by atoms with Crippen LogP contribution in [0.5, 0.6) is 0 Å². The molecule has 0 aliphatic carbocycles. The van der Waals surface area contributed by atoms with Crippen LogP contribution < -0.4 is 10.6 Å². The van der Waals surface area contributed by atoms with E-state index in [9.17, 15) is 4.79 Å². The van der Waals surface area contributed by atoms with Crippen molar-refractivity contribution in [3.8, 4) is 0 Å². The van der Waals surface area contributed by atoms with Gasteiger partial charge in [-0.15, -0.1) is 11.3 Å². The van der Waals surface area contributed by atoms with Gasteiger partial charge in [0.1, 0.15) is 0 Å². The van der Waals surface area contributed by atoms with E-state index in [2.05, 4.69) is 40.7 Å². The van der Waals surface area contributed by atoms with Crippen molar-refractivity contribution in [1.82, 2.24) is 4.98 Å². The molecule has 0 unspecified atom stereocenters. The van der Waals surface area contributed by atoms with Crippen LogP contribution in [0.2, 0.25) is 0 Å². The number of carbonyl (C=O) groups is 1. The summed E-state index contributed by atoms with van der Waals surface area (Å²) in [5, 5.41) is 17.6. The average Bonchev–Trinajstić information content (AvgIpc) is 3.15. The van der Waals surface area contributed by atoms with Crippen LogP contribution in [0.1, 0.15) is 40.5 Å². The molecule has 6 heteroatoms. The molecule has 2 aromatic carbocycles. The second kappa shape index (κ2) is 10.0. The lowest BCUT2D eigenvalue weighted by Crippen LogP contribution is -2.12. The molecule has 0 radical (unpaired) electrons. The summed E-state index contributed by atoms with van der Waals surface area (Å²) in [5.41, 5.74) is 4.97. The number of para-hydroxylation sites is 1. The molecule has 0 saturated heterocycles. The molecule has 0 atom stereocenters. The minimum Gasteiger partial charge on any atom is -0.396 e. The van der Waals surface area contributed by atoms with Crippen molar-refractivity contribution in [3.63, 3.8) is 0 Å².